The summed E-state index contributed by atoms with van der Waals surface area (Å²) in [4.78, 5) is 25.9. The van der Waals surface area contributed by atoms with Gasteiger partial charge in [0, 0.05) is 5.02 Å². The maximum atomic E-state index is 13.1. The number of fused-ring (bicyclic) bond motifs is 1. The first kappa shape index (κ1) is 21.7. The van der Waals surface area contributed by atoms with E-state index in [-0.39, 0.29) is 11.2 Å². The van der Waals surface area contributed by atoms with Crippen molar-refractivity contribution >= 4 is 28.3 Å². The Kier molecular flexibility index (Phi) is 6.01. The molecular formula is C26H21ClO5. The fourth-order valence-corrected chi connectivity index (χ4v) is 3.77. The minimum atomic E-state index is -0.558. The first-order valence-electron chi connectivity index (χ1n) is 10.2. The maximum Gasteiger partial charge on any atom is 0.343 e. The van der Waals surface area contributed by atoms with E-state index in [0.717, 1.165) is 11.3 Å². The third-order valence-corrected chi connectivity index (χ3v) is 5.36. The Morgan fingerprint density at radius 1 is 0.906 bits per heavy atom. The average Bonchev–Trinajstić information content (AvgIpc) is 2.98. The van der Waals surface area contributed by atoms with Crippen molar-refractivity contribution in [2.24, 2.45) is 0 Å². The lowest BCUT2D eigenvalue weighted by atomic mass is 10.1. The zero-order valence-electron chi connectivity index (χ0n) is 17.9. The molecule has 4 aromatic rings. The molecule has 0 aliphatic heterocycles. The van der Waals surface area contributed by atoms with Gasteiger partial charge in [0.25, 0.3) is 0 Å². The summed E-state index contributed by atoms with van der Waals surface area (Å²) >= 11 is 5.92. The van der Waals surface area contributed by atoms with Crippen LogP contribution in [0.2, 0.25) is 5.02 Å². The fourth-order valence-electron chi connectivity index (χ4n) is 3.65. The van der Waals surface area contributed by atoms with Gasteiger partial charge in [-0.1, -0.05) is 23.7 Å². The largest absolute Gasteiger partial charge is 0.494 e. The standard InChI is InChI=1S/C26H21ClO5/c1-4-30-21-11-7-17(8-12-21)19-13-22(28)24-15(2)31-16(3)25(24)23(14-19)32-26(29)18-5-9-20(27)10-6-18/h5-14H,4H2,1-3H3. The Labute approximate surface area is 190 Å². The topological polar surface area (TPSA) is 65.7 Å². The molecule has 4 rings (SSSR count). The molecule has 3 aromatic carbocycles. The molecule has 0 unspecified atom stereocenters. The molecule has 1 aromatic heterocycles. The summed E-state index contributed by atoms with van der Waals surface area (Å²) in [6.07, 6.45) is 0. The molecule has 0 aliphatic rings. The molecule has 0 saturated carbocycles. The second-order valence-corrected chi connectivity index (χ2v) is 7.73. The van der Waals surface area contributed by atoms with Crippen molar-refractivity contribution in [1.29, 1.82) is 0 Å². The van der Waals surface area contributed by atoms with Crippen LogP contribution in [0.5, 0.6) is 11.5 Å². The van der Waals surface area contributed by atoms with Crippen LogP contribution in [0.3, 0.4) is 0 Å². The summed E-state index contributed by atoms with van der Waals surface area (Å²) in [7, 11) is 0. The van der Waals surface area contributed by atoms with Crippen LogP contribution in [-0.4, -0.2) is 12.6 Å². The van der Waals surface area contributed by atoms with Crippen molar-refractivity contribution < 1.29 is 18.7 Å². The van der Waals surface area contributed by atoms with Crippen molar-refractivity contribution in [3.63, 3.8) is 0 Å². The van der Waals surface area contributed by atoms with Crippen LogP contribution in [0.15, 0.2) is 69.9 Å². The SMILES string of the molecule is CCOc1ccc(-c2cc(OC(=O)c3ccc(Cl)cc3)c3c(C)oc(C)c3c(=O)c2)cc1. The van der Waals surface area contributed by atoms with Gasteiger partial charge in [-0.3, -0.25) is 4.79 Å². The molecule has 0 saturated heterocycles. The third kappa shape index (κ3) is 4.25. The zero-order chi connectivity index (χ0) is 22.8. The molecule has 0 aliphatic carbocycles. The van der Waals surface area contributed by atoms with Crippen molar-refractivity contribution in [1.82, 2.24) is 0 Å². The monoisotopic (exact) mass is 448 g/mol. The average molecular weight is 449 g/mol. The second kappa shape index (κ2) is 8.89. The van der Waals surface area contributed by atoms with Gasteiger partial charge >= 0.3 is 5.97 Å². The molecule has 6 heteroatoms. The summed E-state index contributed by atoms with van der Waals surface area (Å²) in [6.45, 7) is 5.94. The van der Waals surface area contributed by atoms with Crippen molar-refractivity contribution in [2.45, 2.75) is 20.8 Å². The van der Waals surface area contributed by atoms with Gasteiger partial charge in [-0.2, -0.15) is 0 Å². The van der Waals surface area contributed by atoms with Gasteiger partial charge in [0.1, 0.15) is 23.0 Å². The predicted molar refractivity (Wildman–Crippen MR) is 125 cm³/mol. The number of rotatable bonds is 5. The number of ether oxygens (including phenoxy) is 2. The number of carbonyl (C=O) groups excluding carboxylic acids is 1. The smallest absolute Gasteiger partial charge is 0.343 e. The minimum absolute atomic E-state index is 0.216. The first-order chi connectivity index (χ1) is 15.4. The van der Waals surface area contributed by atoms with Gasteiger partial charge in [-0.15, -0.1) is 0 Å². The lowest BCUT2D eigenvalue weighted by molar-refractivity contribution is 0.0737. The molecule has 0 bridgehead atoms. The van der Waals surface area contributed by atoms with E-state index in [1.165, 1.54) is 6.07 Å². The van der Waals surface area contributed by atoms with Gasteiger partial charge in [-0.05, 0) is 80.4 Å². The normalized spacial score (nSPS) is 10.9. The Morgan fingerprint density at radius 3 is 2.22 bits per heavy atom. The number of benzene rings is 2. The van der Waals surface area contributed by atoms with Gasteiger partial charge in [-0.25, -0.2) is 4.79 Å². The Hall–Kier alpha value is -3.57. The van der Waals surface area contributed by atoms with Crippen LogP contribution in [0.4, 0.5) is 0 Å². The van der Waals surface area contributed by atoms with E-state index < -0.39 is 5.97 Å². The van der Waals surface area contributed by atoms with E-state index >= 15 is 0 Å². The van der Waals surface area contributed by atoms with Gasteiger partial charge in [0.05, 0.1) is 22.9 Å². The molecule has 0 spiro atoms. The zero-order valence-corrected chi connectivity index (χ0v) is 18.7. The number of hydrogen-bond donors (Lipinski definition) is 0. The number of aryl methyl sites for hydroxylation is 2. The molecule has 0 radical (unpaired) electrons. The quantitative estimate of drug-likeness (QED) is 0.333. The van der Waals surface area contributed by atoms with Crippen LogP contribution in [0.25, 0.3) is 21.9 Å². The molecule has 5 nitrogen and oxygen atoms in total. The number of carbonyl (C=O) groups is 1. The Bertz CT molecular complexity index is 1350. The highest BCUT2D eigenvalue weighted by Gasteiger charge is 2.19. The van der Waals surface area contributed by atoms with Crippen LogP contribution in [0.1, 0.15) is 28.8 Å². The highest BCUT2D eigenvalue weighted by molar-refractivity contribution is 6.30. The van der Waals surface area contributed by atoms with Crippen LogP contribution >= 0.6 is 11.6 Å². The Balaban J connectivity index is 1.87. The Morgan fingerprint density at radius 2 is 1.56 bits per heavy atom. The predicted octanol–water partition coefficient (Wildman–Crippen LogP) is 6.35. The first-order valence-corrected chi connectivity index (χ1v) is 10.5. The molecular weight excluding hydrogens is 428 g/mol. The number of furan rings is 1. The van der Waals surface area contributed by atoms with E-state index in [2.05, 4.69) is 0 Å². The highest BCUT2D eigenvalue weighted by atomic mass is 35.5. The van der Waals surface area contributed by atoms with Crippen LogP contribution in [-0.2, 0) is 0 Å². The van der Waals surface area contributed by atoms with Gasteiger partial charge in [0.15, 0.2) is 5.43 Å². The molecule has 1 heterocycles. The molecule has 32 heavy (non-hydrogen) atoms. The van der Waals surface area contributed by atoms with Gasteiger partial charge < -0.3 is 13.9 Å². The van der Waals surface area contributed by atoms with Crippen molar-refractivity contribution in [3.05, 3.63) is 93.0 Å². The van der Waals surface area contributed by atoms with Crippen LogP contribution < -0.4 is 14.9 Å². The van der Waals surface area contributed by atoms with Crippen molar-refractivity contribution in [2.75, 3.05) is 6.61 Å². The summed E-state index contributed by atoms with van der Waals surface area (Å²) in [6, 6.07) is 17.0. The molecule has 0 amide bonds. The van der Waals surface area contributed by atoms with E-state index in [1.54, 1.807) is 44.2 Å². The lowest BCUT2D eigenvalue weighted by Crippen LogP contribution is -2.08. The van der Waals surface area contributed by atoms with E-state index in [1.807, 2.05) is 31.2 Å². The van der Waals surface area contributed by atoms with Gasteiger partial charge in [0.2, 0.25) is 0 Å². The second-order valence-electron chi connectivity index (χ2n) is 7.29. The summed E-state index contributed by atoms with van der Waals surface area (Å²) in [5.74, 6) is 1.40. The number of hydrogen-bond acceptors (Lipinski definition) is 5. The van der Waals surface area contributed by atoms with E-state index in [9.17, 15) is 9.59 Å². The molecule has 0 atom stereocenters. The minimum Gasteiger partial charge on any atom is -0.494 e. The molecule has 162 valence electrons. The highest BCUT2D eigenvalue weighted by Crippen LogP contribution is 2.34. The summed E-state index contributed by atoms with van der Waals surface area (Å²) in [5.41, 5.74) is 1.54. The van der Waals surface area contributed by atoms with Crippen molar-refractivity contribution in [3.8, 4) is 22.6 Å². The fraction of sp³-hybridized carbons (Fsp3) is 0.154. The number of halogens is 1. The van der Waals surface area contributed by atoms with Crippen LogP contribution in [0, 0.1) is 13.8 Å². The molecule has 0 N–H and O–H groups in total. The molecule has 0 fully saturated rings. The number of esters is 1. The summed E-state index contributed by atoms with van der Waals surface area (Å²) < 4.78 is 17.0. The van der Waals surface area contributed by atoms with E-state index in [4.69, 9.17) is 25.5 Å². The maximum absolute atomic E-state index is 13.1. The lowest BCUT2D eigenvalue weighted by Gasteiger charge is -2.07. The van der Waals surface area contributed by atoms with E-state index in [0.29, 0.717) is 45.0 Å². The third-order valence-electron chi connectivity index (χ3n) is 5.11. The summed E-state index contributed by atoms with van der Waals surface area (Å²) in [5, 5.41) is 1.38.